The van der Waals surface area contributed by atoms with Crippen LogP contribution >= 0.6 is 0 Å². The van der Waals surface area contributed by atoms with Gasteiger partial charge in [-0.05, 0) is 55.3 Å². The molecule has 5 nitrogen and oxygen atoms in total. The average molecular weight is 308 g/mol. The van der Waals surface area contributed by atoms with Crippen molar-refractivity contribution in [3.05, 3.63) is 0 Å². The van der Waals surface area contributed by atoms with E-state index in [9.17, 15) is 9.59 Å². The maximum Gasteiger partial charge on any atom is 0.242 e. The SMILES string of the molecule is COC[C@H](NC(=O)C12CC3C[C@@](C)(C1)C[C@](C)(C3)C2)C(N)=O. The minimum atomic E-state index is -0.730. The van der Waals surface area contributed by atoms with Gasteiger partial charge in [0.05, 0.1) is 12.0 Å². The lowest BCUT2D eigenvalue weighted by Gasteiger charge is -2.64. The minimum Gasteiger partial charge on any atom is -0.382 e. The van der Waals surface area contributed by atoms with Gasteiger partial charge >= 0.3 is 0 Å². The number of carbonyl (C=O) groups is 2. The molecule has 2 unspecified atom stereocenters. The van der Waals surface area contributed by atoms with E-state index in [2.05, 4.69) is 19.2 Å². The number of primary amides is 1. The fraction of sp³-hybridized carbons (Fsp3) is 0.882. The van der Waals surface area contributed by atoms with E-state index in [4.69, 9.17) is 10.5 Å². The predicted molar refractivity (Wildman–Crippen MR) is 82.8 cm³/mol. The summed E-state index contributed by atoms with van der Waals surface area (Å²) in [5.41, 5.74) is 5.61. The number of methoxy groups -OCH3 is 1. The zero-order valence-corrected chi connectivity index (χ0v) is 13.9. The van der Waals surface area contributed by atoms with E-state index in [0.717, 1.165) is 19.3 Å². The number of rotatable bonds is 5. The molecule has 0 saturated heterocycles. The summed E-state index contributed by atoms with van der Waals surface area (Å²) in [5, 5.41) is 2.87. The molecule has 124 valence electrons. The molecule has 3 N–H and O–H groups in total. The first-order valence-electron chi connectivity index (χ1n) is 8.29. The van der Waals surface area contributed by atoms with Crippen molar-refractivity contribution in [2.45, 2.75) is 58.4 Å². The number of hydrogen-bond donors (Lipinski definition) is 2. The molecule has 5 heteroatoms. The third-order valence-electron chi connectivity index (χ3n) is 6.09. The standard InChI is InChI=1S/C17H28N2O3/c1-15-4-11-5-16(2,8-15)10-17(6-11,9-15)14(21)19-12(7-22-3)13(18)20/h11-12H,4-10H2,1-3H3,(H2,18,20)(H,19,21)/t11?,12-,15-,16+,17?/m0/s1. The van der Waals surface area contributed by atoms with Gasteiger partial charge in [0.1, 0.15) is 6.04 Å². The Morgan fingerprint density at radius 2 is 1.77 bits per heavy atom. The van der Waals surface area contributed by atoms with Crippen LogP contribution in [-0.4, -0.2) is 31.6 Å². The van der Waals surface area contributed by atoms with E-state index >= 15 is 0 Å². The van der Waals surface area contributed by atoms with E-state index in [1.54, 1.807) is 0 Å². The molecule has 4 aliphatic rings. The van der Waals surface area contributed by atoms with Gasteiger partial charge in [0.2, 0.25) is 11.8 Å². The summed E-state index contributed by atoms with van der Waals surface area (Å²) in [5.74, 6) is 0.124. The molecule has 0 aromatic carbocycles. The summed E-state index contributed by atoms with van der Waals surface area (Å²) in [4.78, 5) is 24.5. The van der Waals surface area contributed by atoms with Crippen LogP contribution in [-0.2, 0) is 14.3 Å². The van der Waals surface area contributed by atoms with Crippen LogP contribution in [0.5, 0.6) is 0 Å². The van der Waals surface area contributed by atoms with Gasteiger partial charge in [-0.2, -0.15) is 0 Å². The molecular weight excluding hydrogens is 280 g/mol. The lowest BCUT2D eigenvalue weighted by atomic mass is 9.40. The molecule has 0 spiro atoms. The molecule has 4 fully saturated rings. The van der Waals surface area contributed by atoms with Crippen molar-refractivity contribution in [3.63, 3.8) is 0 Å². The maximum atomic E-state index is 13.0. The van der Waals surface area contributed by atoms with Crippen molar-refractivity contribution in [1.82, 2.24) is 5.32 Å². The van der Waals surface area contributed by atoms with E-state index in [0.29, 0.717) is 5.92 Å². The monoisotopic (exact) mass is 308 g/mol. The second kappa shape index (κ2) is 4.95. The summed E-state index contributed by atoms with van der Waals surface area (Å²) in [6.45, 7) is 4.80. The molecule has 4 saturated carbocycles. The highest BCUT2D eigenvalue weighted by molar-refractivity contribution is 5.89. The Morgan fingerprint density at radius 1 is 1.18 bits per heavy atom. The van der Waals surface area contributed by atoms with E-state index in [-0.39, 0.29) is 28.8 Å². The largest absolute Gasteiger partial charge is 0.382 e. The van der Waals surface area contributed by atoms with Gasteiger partial charge in [0, 0.05) is 7.11 Å². The van der Waals surface area contributed by atoms with Gasteiger partial charge in [-0.1, -0.05) is 13.8 Å². The highest BCUT2D eigenvalue weighted by atomic mass is 16.5. The van der Waals surface area contributed by atoms with Crippen molar-refractivity contribution in [3.8, 4) is 0 Å². The number of nitrogens with one attached hydrogen (secondary N) is 1. The molecule has 2 amide bonds. The molecule has 0 aromatic heterocycles. The van der Waals surface area contributed by atoms with E-state index < -0.39 is 11.9 Å². The molecule has 4 aliphatic carbocycles. The van der Waals surface area contributed by atoms with Crippen LogP contribution < -0.4 is 11.1 Å². The number of nitrogens with two attached hydrogens (primary N) is 1. The van der Waals surface area contributed by atoms with E-state index in [1.807, 2.05) is 0 Å². The zero-order chi connectivity index (χ0) is 16.2. The van der Waals surface area contributed by atoms with Crippen molar-refractivity contribution in [2.24, 2.45) is 27.9 Å². The molecule has 5 atom stereocenters. The summed E-state index contributed by atoms with van der Waals surface area (Å²) in [6, 6.07) is -0.730. The van der Waals surface area contributed by atoms with Crippen LogP contribution in [0.15, 0.2) is 0 Å². The van der Waals surface area contributed by atoms with Crippen LogP contribution in [0.25, 0.3) is 0 Å². The van der Waals surface area contributed by atoms with Crippen molar-refractivity contribution in [1.29, 1.82) is 0 Å². The van der Waals surface area contributed by atoms with Gasteiger partial charge in [-0.3, -0.25) is 9.59 Å². The molecule has 4 rings (SSSR count). The van der Waals surface area contributed by atoms with Crippen LogP contribution in [0.3, 0.4) is 0 Å². The Hall–Kier alpha value is -1.10. The molecule has 0 heterocycles. The van der Waals surface area contributed by atoms with Crippen LogP contribution in [0, 0.1) is 22.2 Å². The lowest BCUT2D eigenvalue weighted by molar-refractivity contribution is -0.171. The zero-order valence-electron chi connectivity index (χ0n) is 13.9. The Labute approximate surface area is 132 Å². The lowest BCUT2D eigenvalue weighted by Crippen LogP contribution is -2.62. The Bertz CT molecular complexity index is 486. The average Bonchev–Trinajstić information content (AvgIpc) is 2.33. The fourth-order valence-corrected chi connectivity index (χ4v) is 6.37. The van der Waals surface area contributed by atoms with Crippen molar-refractivity contribution in [2.75, 3.05) is 13.7 Å². The molecule has 0 aliphatic heterocycles. The molecule has 4 bridgehead atoms. The van der Waals surface area contributed by atoms with Gasteiger partial charge in [-0.25, -0.2) is 0 Å². The third-order valence-corrected chi connectivity index (χ3v) is 6.09. The quantitative estimate of drug-likeness (QED) is 0.809. The smallest absolute Gasteiger partial charge is 0.242 e. The number of hydrogen-bond acceptors (Lipinski definition) is 3. The second-order valence-corrected chi connectivity index (χ2v) is 8.79. The van der Waals surface area contributed by atoms with Crippen LogP contribution in [0.4, 0.5) is 0 Å². The molecule has 0 radical (unpaired) electrons. The molecular formula is C17H28N2O3. The minimum absolute atomic E-state index is 0.00917. The van der Waals surface area contributed by atoms with Crippen molar-refractivity contribution >= 4 is 11.8 Å². The number of amides is 2. The fourth-order valence-electron chi connectivity index (χ4n) is 6.37. The van der Waals surface area contributed by atoms with Gasteiger partial charge in [0.15, 0.2) is 0 Å². The van der Waals surface area contributed by atoms with E-state index in [1.165, 1.54) is 26.4 Å². The third kappa shape index (κ3) is 2.53. The first-order valence-corrected chi connectivity index (χ1v) is 8.29. The Morgan fingerprint density at radius 3 is 2.23 bits per heavy atom. The van der Waals surface area contributed by atoms with Crippen molar-refractivity contribution < 1.29 is 14.3 Å². The summed E-state index contributed by atoms with van der Waals surface area (Å²) >= 11 is 0. The Kier molecular flexibility index (Phi) is 3.55. The Balaban J connectivity index is 1.81. The highest BCUT2D eigenvalue weighted by Crippen LogP contribution is 2.69. The van der Waals surface area contributed by atoms with Crippen LogP contribution in [0.2, 0.25) is 0 Å². The topological polar surface area (TPSA) is 81.4 Å². The molecule has 22 heavy (non-hydrogen) atoms. The first kappa shape index (κ1) is 15.8. The normalized spacial score (nSPS) is 43.9. The number of carbonyl (C=O) groups excluding carboxylic acids is 2. The van der Waals surface area contributed by atoms with Gasteiger partial charge in [0.25, 0.3) is 0 Å². The van der Waals surface area contributed by atoms with Gasteiger partial charge < -0.3 is 15.8 Å². The second-order valence-electron chi connectivity index (χ2n) is 8.79. The number of ether oxygens (including phenoxy) is 1. The predicted octanol–water partition coefficient (Wildman–Crippen LogP) is 1.60. The summed E-state index contributed by atoms with van der Waals surface area (Å²) in [7, 11) is 1.51. The highest BCUT2D eigenvalue weighted by Gasteiger charge is 2.62. The summed E-state index contributed by atoms with van der Waals surface area (Å²) in [6.07, 6.45) is 6.56. The van der Waals surface area contributed by atoms with Crippen LogP contribution in [0.1, 0.15) is 52.4 Å². The summed E-state index contributed by atoms with van der Waals surface area (Å²) < 4.78 is 5.01. The van der Waals surface area contributed by atoms with Gasteiger partial charge in [-0.15, -0.1) is 0 Å². The molecule has 0 aromatic rings. The maximum absolute atomic E-state index is 13.0. The first-order chi connectivity index (χ1) is 10.2.